The first kappa shape index (κ1) is 18.4. The number of amides is 1. The molecule has 8 heteroatoms. The van der Waals surface area contributed by atoms with Crippen LogP contribution in [-0.4, -0.2) is 33.3 Å². The molecule has 2 aromatic heterocycles. The maximum Gasteiger partial charge on any atom is 0.251 e. The normalized spacial score (nSPS) is 14.4. The van der Waals surface area contributed by atoms with Crippen LogP contribution >= 0.6 is 24.8 Å². The number of nitrogens with one attached hydrogen (secondary N) is 1. The number of hydrogen-bond acceptors (Lipinski definition) is 4. The zero-order valence-corrected chi connectivity index (χ0v) is 13.5. The Morgan fingerprint density at radius 3 is 2.82 bits per heavy atom. The number of halogens is 2. The molecule has 3 rings (SSSR count). The fourth-order valence-corrected chi connectivity index (χ4v) is 2.09. The van der Waals surface area contributed by atoms with E-state index in [0.29, 0.717) is 23.8 Å². The largest absolute Gasteiger partial charge is 0.350 e. The highest BCUT2D eigenvalue weighted by molar-refractivity contribution is 5.94. The van der Waals surface area contributed by atoms with Gasteiger partial charge in [-0.05, 0) is 37.0 Å². The van der Waals surface area contributed by atoms with Gasteiger partial charge in [-0.2, -0.15) is 5.10 Å². The monoisotopic (exact) mass is 343 g/mol. The van der Waals surface area contributed by atoms with Crippen molar-refractivity contribution in [2.45, 2.75) is 18.9 Å². The van der Waals surface area contributed by atoms with Gasteiger partial charge in [0.05, 0.1) is 0 Å². The van der Waals surface area contributed by atoms with Gasteiger partial charge in [-0.3, -0.25) is 4.79 Å². The average Bonchev–Trinajstić information content (AvgIpc) is 3.19. The SMILES string of the molecule is Cl.Cl.NC(CNC(=O)c1ccnc(-n2cccn2)c1)C1CC1. The van der Waals surface area contributed by atoms with Gasteiger partial charge in [-0.25, -0.2) is 9.67 Å². The minimum absolute atomic E-state index is 0. The molecule has 0 spiro atoms. The first-order valence-corrected chi connectivity index (χ1v) is 6.74. The van der Waals surface area contributed by atoms with E-state index in [0.717, 1.165) is 0 Å². The maximum absolute atomic E-state index is 12.1. The second kappa shape index (κ2) is 8.12. The van der Waals surface area contributed by atoms with E-state index in [9.17, 15) is 4.79 Å². The molecule has 1 aliphatic carbocycles. The maximum atomic E-state index is 12.1. The Hall–Kier alpha value is -1.63. The molecule has 1 aliphatic rings. The molecule has 120 valence electrons. The first-order chi connectivity index (χ1) is 9.74. The molecule has 22 heavy (non-hydrogen) atoms. The number of pyridine rings is 1. The summed E-state index contributed by atoms with van der Waals surface area (Å²) in [6.45, 7) is 0.517. The minimum Gasteiger partial charge on any atom is -0.350 e. The van der Waals surface area contributed by atoms with E-state index in [-0.39, 0.29) is 36.8 Å². The first-order valence-electron chi connectivity index (χ1n) is 6.74. The van der Waals surface area contributed by atoms with Gasteiger partial charge in [0.1, 0.15) is 0 Å². The van der Waals surface area contributed by atoms with Crippen LogP contribution in [0.5, 0.6) is 0 Å². The number of aromatic nitrogens is 3. The van der Waals surface area contributed by atoms with E-state index < -0.39 is 0 Å². The van der Waals surface area contributed by atoms with Crippen LogP contribution in [0.2, 0.25) is 0 Å². The summed E-state index contributed by atoms with van der Waals surface area (Å²) >= 11 is 0. The zero-order chi connectivity index (χ0) is 13.9. The third kappa shape index (κ3) is 4.43. The Morgan fingerprint density at radius 1 is 1.41 bits per heavy atom. The third-order valence-corrected chi connectivity index (χ3v) is 3.47. The van der Waals surface area contributed by atoms with E-state index in [1.807, 2.05) is 6.07 Å². The predicted molar refractivity (Wildman–Crippen MR) is 88.9 cm³/mol. The standard InChI is InChI=1S/C14H17N5O.2ClH/c15-12(10-2-3-10)9-17-14(20)11-4-6-16-13(8-11)19-7-1-5-18-19;;/h1,4-8,10,12H,2-3,9,15H2,(H,17,20);2*1H. The lowest BCUT2D eigenvalue weighted by atomic mass is 10.2. The number of carbonyl (C=O) groups excluding carboxylic acids is 1. The van der Waals surface area contributed by atoms with Gasteiger partial charge in [-0.15, -0.1) is 24.8 Å². The second-order valence-electron chi connectivity index (χ2n) is 5.06. The molecule has 2 aromatic rings. The Labute approximate surface area is 141 Å². The van der Waals surface area contributed by atoms with Crippen molar-refractivity contribution in [1.29, 1.82) is 0 Å². The summed E-state index contributed by atoms with van der Waals surface area (Å²) < 4.78 is 1.62. The Morgan fingerprint density at radius 2 is 2.18 bits per heavy atom. The van der Waals surface area contributed by atoms with Crippen LogP contribution in [0, 0.1) is 5.92 Å². The molecular formula is C14H19Cl2N5O. The molecule has 0 aliphatic heterocycles. The van der Waals surface area contributed by atoms with E-state index in [4.69, 9.17) is 5.73 Å². The van der Waals surface area contributed by atoms with Crippen molar-refractivity contribution in [3.05, 3.63) is 42.4 Å². The van der Waals surface area contributed by atoms with Crippen molar-refractivity contribution in [3.63, 3.8) is 0 Å². The molecule has 0 bridgehead atoms. The third-order valence-electron chi connectivity index (χ3n) is 3.47. The molecule has 2 heterocycles. The van der Waals surface area contributed by atoms with Crippen molar-refractivity contribution < 1.29 is 4.79 Å². The van der Waals surface area contributed by atoms with E-state index in [1.54, 1.807) is 35.4 Å². The molecule has 1 amide bonds. The van der Waals surface area contributed by atoms with Crippen LogP contribution in [0.4, 0.5) is 0 Å². The lowest BCUT2D eigenvalue weighted by Gasteiger charge is -2.11. The Balaban J connectivity index is 0.00000121. The minimum atomic E-state index is -0.128. The van der Waals surface area contributed by atoms with Crippen molar-refractivity contribution in [2.24, 2.45) is 11.7 Å². The van der Waals surface area contributed by atoms with Crippen molar-refractivity contribution >= 4 is 30.7 Å². The van der Waals surface area contributed by atoms with Gasteiger partial charge in [-0.1, -0.05) is 0 Å². The summed E-state index contributed by atoms with van der Waals surface area (Å²) in [4.78, 5) is 16.3. The quantitative estimate of drug-likeness (QED) is 0.862. The molecule has 3 N–H and O–H groups in total. The molecule has 0 radical (unpaired) electrons. The lowest BCUT2D eigenvalue weighted by Crippen LogP contribution is -2.38. The zero-order valence-electron chi connectivity index (χ0n) is 11.9. The Bertz CT molecular complexity index is 601. The van der Waals surface area contributed by atoms with Crippen molar-refractivity contribution in [3.8, 4) is 5.82 Å². The van der Waals surface area contributed by atoms with Crippen LogP contribution in [0.3, 0.4) is 0 Å². The second-order valence-corrected chi connectivity index (χ2v) is 5.06. The van der Waals surface area contributed by atoms with E-state index in [2.05, 4.69) is 15.4 Å². The summed E-state index contributed by atoms with van der Waals surface area (Å²) in [6, 6.07) is 5.27. The van der Waals surface area contributed by atoms with E-state index >= 15 is 0 Å². The van der Waals surface area contributed by atoms with Crippen molar-refractivity contribution in [2.75, 3.05) is 6.54 Å². The highest BCUT2D eigenvalue weighted by Crippen LogP contribution is 2.31. The topological polar surface area (TPSA) is 85.8 Å². The van der Waals surface area contributed by atoms with Gasteiger partial charge < -0.3 is 11.1 Å². The molecule has 1 saturated carbocycles. The van der Waals surface area contributed by atoms with Crippen LogP contribution in [0.1, 0.15) is 23.2 Å². The molecule has 1 unspecified atom stereocenters. The fourth-order valence-electron chi connectivity index (χ4n) is 2.09. The van der Waals surface area contributed by atoms with Crippen LogP contribution in [0.15, 0.2) is 36.8 Å². The van der Waals surface area contributed by atoms with Crippen LogP contribution < -0.4 is 11.1 Å². The summed E-state index contributed by atoms with van der Waals surface area (Å²) in [5.74, 6) is 1.07. The highest BCUT2D eigenvalue weighted by Gasteiger charge is 2.28. The molecule has 0 saturated heterocycles. The van der Waals surface area contributed by atoms with Gasteiger partial charge >= 0.3 is 0 Å². The average molecular weight is 344 g/mol. The number of hydrogen-bond donors (Lipinski definition) is 2. The lowest BCUT2D eigenvalue weighted by molar-refractivity contribution is 0.0950. The molecule has 6 nitrogen and oxygen atoms in total. The summed E-state index contributed by atoms with van der Waals surface area (Å²) in [7, 11) is 0. The summed E-state index contributed by atoms with van der Waals surface area (Å²) in [6.07, 6.45) is 7.41. The number of rotatable bonds is 5. The summed E-state index contributed by atoms with van der Waals surface area (Å²) in [5, 5.41) is 6.97. The van der Waals surface area contributed by atoms with Gasteiger partial charge in [0.2, 0.25) is 0 Å². The fraction of sp³-hybridized carbons (Fsp3) is 0.357. The predicted octanol–water partition coefficient (Wildman–Crippen LogP) is 1.58. The number of carbonyl (C=O) groups is 1. The molecule has 1 atom stereocenters. The highest BCUT2D eigenvalue weighted by atomic mass is 35.5. The molecule has 1 fully saturated rings. The smallest absolute Gasteiger partial charge is 0.251 e. The van der Waals surface area contributed by atoms with Crippen molar-refractivity contribution in [1.82, 2.24) is 20.1 Å². The Kier molecular flexibility index (Phi) is 6.80. The van der Waals surface area contributed by atoms with E-state index in [1.165, 1.54) is 12.8 Å². The van der Waals surface area contributed by atoms with Gasteiger partial charge in [0.15, 0.2) is 5.82 Å². The number of nitrogens with zero attached hydrogens (tertiary/aromatic N) is 3. The van der Waals surface area contributed by atoms with Crippen LogP contribution in [0.25, 0.3) is 5.82 Å². The molecule has 0 aromatic carbocycles. The van der Waals surface area contributed by atoms with Crippen LogP contribution in [-0.2, 0) is 0 Å². The molecular weight excluding hydrogens is 325 g/mol. The van der Waals surface area contributed by atoms with Gasteiger partial charge in [0.25, 0.3) is 5.91 Å². The van der Waals surface area contributed by atoms with Gasteiger partial charge in [0, 0.05) is 36.7 Å². The summed E-state index contributed by atoms with van der Waals surface area (Å²) in [5.41, 5.74) is 6.53. The number of nitrogens with two attached hydrogens (primary N) is 1.